The van der Waals surface area contributed by atoms with Gasteiger partial charge in [0.1, 0.15) is 0 Å². The number of nitriles is 1. The fourth-order valence-electron chi connectivity index (χ4n) is 1.77. The Morgan fingerprint density at radius 3 is 2.00 bits per heavy atom. The van der Waals surface area contributed by atoms with Gasteiger partial charge in [0.25, 0.3) is 0 Å². The maximum atomic E-state index is 10.2. The molecule has 1 N–H and O–H groups in total. The summed E-state index contributed by atoms with van der Waals surface area (Å²) < 4.78 is 0. The first-order valence-corrected chi connectivity index (χ1v) is 8.26. The van der Waals surface area contributed by atoms with Crippen molar-refractivity contribution in [3.8, 4) is 6.07 Å². The summed E-state index contributed by atoms with van der Waals surface area (Å²) in [5, 5.41) is 20.0. The van der Waals surface area contributed by atoms with Gasteiger partial charge >= 0.3 is 0 Å². The first-order valence-electron chi connectivity index (χ1n) is 6.54. The average molecular weight is 255 g/mol. The molecule has 2 nitrogen and oxygen atoms in total. The Balaban J connectivity index is 4.82. The Morgan fingerprint density at radius 1 is 1.24 bits per heavy atom. The van der Waals surface area contributed by atoms with Crippen LogP contribution in [0.2, 0.25) is 0 Å². The lowest BCUT2D eigenvalue weighted by molar-refractivity contribution is 0.128. The highest BCUT2D eigenvalue weighted by Crippen LogP contribution is 2.50. The van der Waals surface area contributed by atoms with E-state index in [4.69, 9.17) is 5.26 Å². The van der Waals surface area contributed by atoms with Crippen LogP contribution < -0.4 is 0 Å². The largest absolute Gasteiger partial charge is 0.386 e. The minimum atomic E-state index is -0.844. The van der Waals surface area contributed by atoms with Gasteiger partial charge in [-0.1, -0.05) is 34.6 Å². The zero-order valence-corrected chi connectivity index (χ0v) is 12.6. The highest BCUT2D eigenvalue weighted by Gasteiger charge is 2.26. The molecule has 0 atom stereocenters. The Kier molecular flexibility index (Phi) is 8.48. The lowest BCUT2D eigenvalue weighted by atomic mass is 10.1. The van der Waals surface area contributed by atoms with Crippen molar-refractivity contribution in [3.63, 3.8) is 0 Å². The summed E-state index contributed by atoms with van der Waals surface area (Å²) >= 11 is 0. The van der Waals surface area contributed by atoms with Crippen molar-refractivity contribution in [1.82, 2.24) is 0 Å². The maximum Gasteiger partial charge on any atom is 0.0916 e. The van der Waals surface area contributed by atoms with Crippen LogP contribution in [0.5, 0.6) is 0 Å². The van der Waals surface area contributed by atoms with Gasteiger partial charge in [0, 0.05) is 6.08 Å². The molecule has 0 saturated carbocycles. The Labute approximate surface area is 107 Å². The van der Waals surface area contributed by atoms with Gasteiger partial charge in [-0.2, -0.15) is 5.26 Å². The van der Waals surface area contributed by atoms with Gasteiger partial charge in [-0.05, 0) is 44.3 Å². The maximum absolute atomic E-state index is 10.2. The molecule has 0 aromatic rings. The molecule has 0 amide bonds. The lowest BCUT2D eigenvalue weighted by Gasteiger charge is -2.29. The molecule has 0 unspecified atom stereocenters. The molecule has 0 fully saturated rings. The third kappa shape index (κ3) is 6.81. The molecule has 0 saturated heterocycles. The third-order valence-corrected chi connectivity index (χ3v) is 5.80. The normalized spacial score (nSPS) is 12.9. The fraction of sp³-hybridized carbons (Fsp3) is 0.786. The monoisotopic (exact) mass is 255 g/mol. The van der Waals surface area contributed by atoms with Crippen LogP contribution in [0.3, 0.4) is 0 Å². The molecule has 17 heavy (non-hydrogen) atoms. The number of unbranched alkanes of at least 4 members (excludes halogenated alkanes) is 2. The van der Waals surface area contributed by atoms with Crippen LogP contribution in [0.1, 0.15) is 53.4 Å². The minimum absolute atomic E-state index is 0.341. The lowest BCUT2D eigenvalue weighted by Crippen LogP contribution is -2.22. The summed E-state index contributed by atoms with van der Waals surface area (Å²) in [7, 11) is -0.341. The van der Waals surface area contributed by atoms with Gasteiger partial charge in [-0.3, -0.25) is 0 Å². The molecule has 98 valence electrons. The van der Waals surface area contributed by atoms with Gasteiger partial charge in [-0.25, -0.2) is 0 Å². The molecule has 0 heterocycles. The predicted octanol–water partition coefficient (Wildman–Crippen LogP) is 4.25. The van der Waals surface area contributed by atoms with Gasteiger partial charge in [0.15, 0.2) is 0 Å². The zero-order chi connectivity index (χ0) is 13.3. The van der Waals surface area contributed by atoms with Crippen LogP contribution in [-0.4, -0.2) is 23.0 Å². The number of aliphatic hydroxyl groups is 1. The van der Waals surface area contributed by atoms with E-state index in [-0.39, 0.29) is 7.92 Å². The Bertz CT molecular complexity index is 265. The quantitative estimate of drug-likeness (QED) is 0.520. The molecule has 0 aliphatic carbocycles. The SMILES string of the molecule is CCCCP(CCCC)/C(=C\C#N)C(C)(C)O. The number of hydrogen-bond acceptors (Lipinski definition) is 2. The summed E-state index contributed by atoms with van der Waals surface area (Å²) in [4.78, 5) is 0. The van der Waals surface area contributed by atoms with Crippen LogP contribution in [0.4, 0.5) is 0 Å². The van der Waals surface area contributed by atoms with E-state index in [0.717, 1.165) is 17.6 Å². The van der Waals surface area contributed by atoms with Crippen molar-refractivity contribution in [2.75, 3.05) is 12.3 Å². The second kappa shape index (κ2) is 8.67. The van der Waals surface area contributed by atoms with E-state index in [1.165, 1.54) is 25.7 Å². The van der Waals surface area contributed by atoms with Gasteiger partial charge < -0.3 is 5.11 Å². The summed E-state index contributed by atoms with van der Waals surface area (Å²) in [5.41, 5.74) is -0.844. The predicted molar refractivity (Wildman–Crippen MR) is 76.5 cm³/mol. The van der Waals surface area contributed by atoms with Crippen molar-refractivity contribution >= 4 is 7.92 Å². The van der Waals surface area contributed by atoms with Gasteiger partial charge in [0.05, 0.1) is 11.7 Å². The number of allylic oxidation sites excluding steroid dienone is 1. The first-order chi connectivity index (χ1) is 7.97. The second-order valence-corrected chi connectivity index (χ2v) is 7.37. The van der Waals surface area contributed by atoms with Gasteiger partial charge in [0.2, 0.25) is 0 Å². The molecule has 0 spiro atoms. The van der Waals surface area contributed by atoms with Crippen molar-refractivity contribution in [3.05, 3.63) is 11.4 Å². The van der Waals surface area contributed by atoms with Gasteiger partial charge in [-0.15, -0.1) is 0 Å². The molecule has 0 aliphatic rings. The molecular formula is C14H26NOP. The number of rotatable bonds is 8. The zero-order valence-electron chi connectivity index (χ0n) is 11.7. The topological polar surface area (TPSA) is 44.0 Å². The molecule has 3 heteroatoms. The van der Waals surface area contributed by atoms with Crippen molar-refractivity contribution in [1.29, 1.82) is 5.26 Å². The standard InChI is InChI=1S/C14H26NOP/c1-5-7-11-17(12-8-6-2)13(9-10-15)14(3,4)16/h9,16H,5-8,11-12H2,1-4H3/b13-9-. The van der Waals surface area contributed by atoms with E-state index in [1.807, 2.05) is 0 Å². The molecular weight excluding hydrogens is 229 g/mol. The third-order valence-electron chi connectivity index (χ3n) is 2.73. The van der Waals surface area contributed by atoms with E-state index in [0.29, 0.717) is 0 Å². The molecule has 0 radical (unpaired) electrons. The van der Waals surface area contributed by atoms with Crippen LogP contribution in [0.15, 0.2) is 11.4 Å². The number of hydrogen-bond donors (Lipinski definition) is 1. The molecule has 0 aliphatic heterocycles. The first kappa shape index (κ1) is 16.6. The summed E-state index contributed by atoms with van der Waals surface area (Å²) in [6.07, 6.45) is 8.60. The smallest absolute Gasteiger partial charge is 0.0916 e. The number of nitrogens with zero attached hydrogens (tertiary/aromatic N) is 1. The summed E-state index contributed by atoms with van der Waals surface area (Å²) in [6, 6.07) is 2.10. The van der Waals surface area contributed by atoms with Crippen molar-refractivity contribution < 1.29 is 5.11 Å². The molecule has 0 rings (SSSR count). The highest BCUT2D eigenvalue weighted by molar-refractivity contribution is 7.62. The minimum Gasteiger partial charge on any atom is -0.386 e. The van der Waals surface area contributed by atoms with Crippen molar-refractivity contribution in [2.45, 2.75) is 59.0 Å². The summed E-state index contributed by atoms with van der Waals surface area (Å²) in [5.74, 6) is 0. The Hall–Kier alpha value is -0.380. The Morgan fingerprint density at radius 2 is 1.71 bits per heavy atom. The van der Waals surface area contributed by atoms with Crippen molar-refractivity contribution in [2.24, 2.45) is 0 Å². The summed E-state index contributed by atoms with van der Waals surface area (Å²) in [6.45, 7) is 7.96. The molecule has 0 bridgehead atoms. The van der Waals surface area contributed by atoms with Crippen LogP contribution in [0.25, 0.3) is 0 Å². The van der Waals surface area contributed by atoms with Crippen LogP contribution >= 0.6 is 7.92 Å². The van der Waals surface area contributed by atoms with E-state index in [2.05, 4.69) is 19.9 Å². The van der Waals surface area contributed by atoms with E-state index in [1.54, 1.807) is 19.9 Å². The fourth-order valence-corrected chi connectivity index (χ4v) is 4.88. The molecule has 0 aromatic heterocycles. The van der Waals surface area contributed by atoms with Crippen LogP contribution in [0, 0.1) is 11.3 Å². The van der Waals surface area contributed by atoms with Crippen LogP contribution in [-0.2, 0) is 0 Å². The average Bonchev–Trinajstić information content (AvgIpc) is 2.25. The second-order valence-electron chi connectivity index (χ2n) is 4.91. The highest BCUT2D eigenvalue weighted by atomic mass is 31.1. The molecule has 0 aromatic carbocycles. The van der Waals surface area contributed by atoms with E-state index >= 15 is 0 Å². The van der Waals surface area contributed by atoms with E-state index < -0.39 is 5.60 Å². The van der Waals surface area contributed by atoms with E-state index in [9.17, 15) is 5.11 Å².